The maximum Gasteiger partial charge on any atom is 0.0944 e. The molecule has 74 valence electrons. The molecule has 0 spiro atoms. The first-order chi connectivity index (χ1) is 5.19. The lowest BCUT2D eigenvalue weighted by Crippen LogP contribution is -2.68. The SMILES string of the molecule is CCCC1(N)CNCCN1N.N. The predicted octanol–water partition coefficient (Wildman–Crippen LogP) is -0.618. The predicted molar refractivity (Wildman–Crippen MR) is 50.6 cm³/mol. The van der Waals surface area contributed by atoms with Crippen LogP contribution in [0.4, 0.5) is 0 Å². The van der Waals surface area contributed by atoms with Gasteiger partial charge in [-0.2, -0.15) is 0 Å². The summed E-state index contributed by atoms with van der Waals surface area (Å²) in [5.74, 6) is 5.77. The van der Waals surface area contributed by atoms with Gasteiger partial charge in [0.05, 0.1) is 5.66 Å². The van der Waals surface area contributed by atoms with Crippen molar-refractivity contribution < 1.29 is 0 Å². The average molecular weight is 175 g/mol. The van der Waals surface area contributed by atoms with Gasteiger partial charge in [0, 0.05) is 19.6 Å². The third kappa shape index (κ3) is 2.40. The van der Waals surface area contributed by atoms with E-state index in [-0.39, 0.29) is 11.8 Å². The molecule has 1 rings (SSSR count). The van der Waals surface area contributed by atoms with Gasteiger partial charge in [-0.3, -0.25) is 5.84 Å². The standard InChI is InChI=1S/C7H18N4.H3N/c1-2-3-7(8)6-10-4-5-11(7)9;/h10H,2-6,8-9H2,1H3;1H3. The molecule has 1 saturated heterocycles. The molecule has 0 aromatic heterocycles. The van der Waals surface area contributed by atoms with E-state index in [9.17, 15) is 0 Å². The molecule has 1 atom stereocenters. The first-order valence-electron chi connectivity index (χ1n) is 4.21. The van der Waals surface area contributed by atoms with Crippen LogP contribution < -0.4 is 23.0 Å². The van der Waals surface area contributed by atoms with Crippen LogP contribution in [0.15, 0.2) is 0 Å². The van der Waals surface area contributed by atoms with Crippen molar-refractivity contribution in [1.82, 2.24) is 16.5 Å². The zero-order valence-corrected chi connectivity index (χ0v) is 7.84. The van der Waals surface area contributed by atoms with E-state index in [2.05, 4.69) is 12.2 Å². The summed E-state index contributed by atoms with van der Waals surface area (Å²) in [6, 6.07) is 0. The summed E-state index contributed by atoms with van der Waals surface area (Å²) in [6.07, 6.45) is 2.03. The molecule has 0 aliphatic carbocycles. The highest BCUT2D eigenvalue weighted by Gasteiger charge is 2.31. The topological polar surface area (TPSA) is 102 Å². The van der Waals surface area contributed by atoms with Gasteiger partial charge in [0.15, 0.2) is 0 Å². The van der Waals surface area contributed by atoms with Crippen molar-refractivity contribution in [2.45, 2.75) is 25.4 Å². The average Bonchev–Trinajstić information content (AvgIpc) is 1.96. The maximum atomic E-state index is 6.05. The number of hydrogen-bond donors (Lipinski definition) is 4. The molecule has 0 bridgehead atoms. The monoisotopic (exact) mass is 175 g/mol. The summed E-state index contributed by atoms with van der Waals surface area (Å²) >= 11 is 0. The van der Waals surface area contributed by atoms with Crippen LogP contribution in [0, 0.1) is 0 Å². The van der Waals surface area contributed by atoms with Gasteiger partial charge in [0.1, 0.15) is 0 Å². The van der Waals surface area contributed by atoms with Crippen LogP contribution in [0.25, 0.3) is 0 Å². The van der Waals surface area contributed by atoms with Gasteiger partial charge in [-0.05, 0) is 6.42 Å². The molecule has 5 nitrogen and oxygen atoms in total. The molecule has 0 amide bonds. The van der Waals surface area contributed by atoms with Crippen LogP contribution in [-0.4, -0.2) is 30.3 Å². The fourth-order valence-electron chi connectivity index (χ4n) is 1.49. The van der Waals surface area contributed by atoms with E-state index >= 15 is 0 Å². The molecule has 0 saturated carbocycles. The largest absolute Gasteiger partial charge is 0.344 e. The summed E-state index contributed by atoms with van der Waals surface area (Å²) in [4.78, 5) is 0. The van der Waals surface area contributed by atoms with Crippen LogP contribution in [0.1, 0.15) is 19.8 Å². The van der Waals surface area contributed by atoms with Gasteiger partial charge in [-0.15, -0.1) is 0 Å². The Labute approximate surface area is 74.0 Å². The van der Waals surface area contributed by atoms with E-state index in [1.807, 2.05) is 0 Å². The second kappa shape index (κ2) is 4.74. The van der Waals surface area contributed by atoms with Crippen molar-refractivity contribution in [1.29, 1.82) is 0 Å². The van der Waals surface area contributed by atoms with Crippen molar-refractivity contribution in [3.63, 3.8) is 0 Å². The van der Waals surface area contributed by atoms with Gasteiger partial charge < -0.3 is 17.2 Å². The molecule has 1 heterocycles. The second-order valence-electron chi connectivity index (χ2n) is 3.22. The molecule has 8 N–H and O–H groups in total. The van der Waals surface area contributed by atoms with Crippen molar-refractivity contribution in [3.8, 4) is 0 Å². The molecule has 1 unspecified atom stereocenters. The maximum absolute atomic E-state index is 6.05. The van der Waals surface area contributed by atoms with Gasteiger partial charge in [0.2, 0.25) is 0 Å². The number of nitrogens with one attached hydrogen (secondary N) is 1. The number of piperazine rings is 1. The highest BCUT2D eigenvalue weighted by molar-refractivity contribution is 4.87. The molecular formula is C7H21N5. The fourth-order valence-corrected chi connectivity index (χ4v) is 1.49. The quantitative estimate of drug-likeness (QED) is 0.419. The minimum Gasteiger partial charge on any atom is -0.344 e. The molecular weight excluding hydrogens is 154 g/mol. The molecule has 0 aromatic carbocycles. The Balaban J connectivity index is 0.00000121. The van der Waals surface area contributed by atoms with Crippen molar-refractivity contribution in [3.05, 3.63) is 0 Å². The Morgan fingerprint density at radius 2 is 2.25 bits per heavy atom. The van der Waals surface area contributed by atoms with Crippen molar-refractivity contribution in [2.24, 2.45) is 11.6 Å². The van der Waals surface area contributed by atoms with Gasteiger partial charge >= 0.3 is 0 Å². The Hall–Kier alpha value is -0.200. The number of nitrogens with zero attached hydrogens (tertiary/aromatic N) is 1. The van der Waals surface area contributed by atoms with Crippen LogP contribution in [0.5, 0.6) is 0 Å². The van der Waals surface area contributed by atoms with Gasteiger partial charge in [0.25, 0.3) is 0 Å². The summed E-state index contributed by atoms with van der Waals surface area (Å²) in [7, 11) is 0. The molecule has 5 heteroatoms. The lowest BCUT2D eigenvalue weighted by Gasteiger charge is -2.41. The Bertz CT molecular complexity index is 125. The van der Waals surface area contributed by atoms with E-state index in [4.69, 9.17) is 11.6 Å². The van der Waals surface area contributed by atoms with Crippen LogP contribution in [0.3, 0.4) is 0 Å². The minimum absolute atomic E-state index is 0. The van der Waals surface area contributed by atoms with E-state index in [1.54, 1.807) is 5.01 Å². The number of hydrazine groups is 1. The van der Waals surface area contributed by atoms with Crippen molar-refractivity contribution in [2.75, 3.05) is 19.6 Å². The van der Waals surface area contributed by atoms with E-state index in [1.165, 1.54) is 0 Å². The Morgan fingerprint density at radius 3 is 2.75 bits per heavy atom. The number of nitrogens with two attached hydrogens (primary N) is 2. The van der Waals surface area contributed by atoms with Crippen LogP contribution >= 0.6 is 0 Å². The highest BCUT2D eigenvalue weighted by atomic mass is 15.5. The molecule has 1 aliphatic heterocycles. The van der Waals surface area contributed by atoms with E-state index < -0.39 is 0 Å². The Morgan fingerprint density at radius 1 is 1.58 bits per heavy atom. The lowest BCUT2D eigenvalue weighted by atomic mass is 10.0. The van der Waals surface area contributed by atoms with Gasteiger partial charge in [-0.1, -0.05) is 13.3 Å². The number of rotatable bonds is 2. The molecule has 12 heavy (non-hydrogen) atoms. The minimum atomic E-state index is -0.312. The fraction of sp³-hybridized carbons (Fsp3) is 1.00. The third-order valence-corrected chi connectivity index (χ3v) is 2.22. The normalized spacial score (nSPS) is 31.2. The highest BCUT2D eigenvalue weighted by Crippen LogP contribution is 2.13. The number of hydrogen-bond acceptors (Lipinski definition) is 5. The van der Waals surface area contributed by atoms with Crippen LogP contribution in [-0.2, 0) is 0 Å². The summed E-state index contributed by atoms with van der Waals surface area (Å²) in [5, 5.41) is 5.00. The lowest BCUT2D eigenvalue weighted by molar-refractivity contribution is 0.0562. The molecule has 0 aromatic rings. The molecule has 0 radical (unpaired) electrons. The van der Waals surface area contributed by atoms with Crippen LogP contribution in [0.2, 0.25) is 0 Å². The first-order valence-corrected chi connectivity index (χ1v) is 4.21. The Kier molecular flexibility index (Phi) is 4.66. The summed E-state index contributed by atoms with van der Waals surface area (Å²) < 4.78 is 0. The summed E-state index contributed by atoms with van der Waals surface area (Å²) in [5.41, 5.74) is 5.74. The molecule has 1 fully saturated rings. The van der Waals surface area contributed by atoms with E-state index in [0.717, 1.165) is 32.5 Å². The second-order valence-corrected chi connectivity index (χ2v) is 3.22. The van der Waals surface area contributed by atoms with E-state index in [0.29, 0.717) is 0 Å². The molecule has 1 aliphatic rings. The van der Waals surface area contributed by atoms with Crippen molar-refractivity contribution >= 4 is 0 Å². The third-order valence-electron chi connectivity index (χ3n) is 2.22. The zero-order chi connectivity index (χ0) is 8.32. The van der Waals surface area contributed by atoms with Gasteiger partial charge in [-0.25, -0.2) is 5.01 Å². The smallest absolute Gasteiger partial charge is 0.0944 e. The first kappa shape index (κ1) is 11.8. The summed E-state index contributed by atoms with van der Waals surface area (Å²) in [6.45, 7) is 4.71. The zero-order valence-electron chi connectivity index (χ0n) is 7.84.